The number of aryl methyl sites for hydroxylation is 3. The van der Waals surface area contributed by atoms with Gasteiger partial charge in [0.1, 0.15) is 0 Å². The first-order valence-electron chi connectivity index (χ1n) is 21.5. The molecule has 1 aromatic carbocycles. The number of amides is 1. The maximum absolute atomic E-state index is 14.6. The van der Waals surface area contributed by atoms with E-state index in [2.05, 4.69) is 91.6 Å². The third-order valence-corrected chi connectivity index (χ3v) is 13.0. The lowest BCUT2D eigenvalue weighted by atomic mass is 9.84. The summed E-state index contributed by atoms with van der Waals surface area (Å²) < 4.78 is 18.0. The van der Waals surface area contributed by atoms with Gasteiger partial charge in [0.25, 0.3) is 5.91 Å². The molecule has 0 spiro atoms. The number of rotatable bonds is 16. The van der Waals surface area contributed by atoms with Crippen molar-refractivity contribution in [1.82, 2.24) is 25.3 Å². The Labute approximate surface area is 373 Å². The number of benzene rings is 1. The minimum Gasteiger partial charge on any atom is -0.469 e. The number of allylic oxidation sites excluding steroid dienone is 1. The van der Waals surface area contributed by atoms with E-state index in [1.165, 1.54) is 27.1 Å². The first-order chi connectivity index (χ1) is 29.3. The molecular formula is C49H60IN5O6. The highest BCUT2D eigenvalue weighted by atomic mass is 127. The second kappa shape index (κ2) is 20.4. The Balaban J connectivity index is 1.68. The molecular weight excluding hydrogens is 881 g/mol. The number of nitrogens with one attached hydrogen (secondary N) is 3. The second-order valence-corrected chi connectivity index (χ2v) is 17.5. The van der Waals surface area contributed by atoms with E-state index in [9.17, 15) is 14.4 Å². The number of ether oxygens (including phenoxy) is 3. The number of methoxy groups -OCH3 is 2. The Bertz CT molecular complexity index is 2500. The largest absolute Gasteiger partial charge is 0.469 e. The predicted octanol–water partition coefficient (Wildman–Crippen LogP) is 10.6. The number of hydrogen-bond donors (Lipinski definition) is 3. The van der Waals surface area contributed by atoms with Gasteiger partial charge in [0, 0.05) is 73.9 Å². The maximum Gasteiger partial charge on any atom is 0.310 e. The Morgan fingerprint density at radius 3 is 2.31 bits per heavy atom. The third kappa shape index (κ3) is 10.1. The number of unbranched alkanes of at least 4 members (excludes halogenated alkanes) is 3. The first kappa shape index (κ1) is 45.7. The average Bonchev–Trinajstić information content (AvgIpc) is 3.93. The van der Waals surface area contributed by atoms with Crippen molar-refractivity contribution < 1.29 is 28.6 Å². The number of hydrogen-bond acceptors (Lipinski definition) is 8. The van der Waals surface area contributed by atoms with Crippen LogP contribution < -0.4 is 5.32 Å². The number of carbonyl (C=O) groups is 3. The van der Waals surface area contributed by atoms with E-state index in [0.29, 0.717) is 53.4 Å². The van der Waals surface area contributed by atoms with E-state index in [-0.39, 0.29) is 42.7 Å². The van der Waals surface area contributed by atoms with Gasteiger partial charge in [-0.3, -0.25) is 19.4 Å². The van der Waals surface area contributed by atoms with Crippen LogP contribution >= 0.6 is 22.6 Å². The summed E-state index contributed by atoms with van der Waals surface area (Å²) in [5.41, 5.74) is 12.9. The van der Waals surface area contributed by atoms with Gasteiger partial charge in [-0.05, 0) is 128 Å². The van der Waals surface area contributed by atoms with Crippen LogP contribution in [0.2, 0.25) is 0 Å². The number of fused-ring (bicyclic) bond motifs is 8. The highest BCUT2D eigenvalue weighted by Crippen LogP contribution is 2.44. The smallest absolute Gasteiger partial charge is 0.310 e. The molecule has 61 heavy (non-hydrogen) atoms. The Morgan fingerprint density at radius 1 is 0.869 bits per heavy atom. The normalized spacial score (nSPS) is 15.5. The van der Waals surface area contributed by atoms with Crippen LogP contribution in [0.1, 0.15) is 147 Å². The number of halogens is 1. The van der Waals surface area contributed by atoms with Crippen LogP contribution in [-0.2, 0) is 48.0 Å². The van der Waals surface area contributed by atoms with Crippen LogP contribution in [0.5, 0.6) is 0 Å². The van der Waals surface area contributed by atoms with Gasteiger partial charge < -0.3 is 29.5 Å². The molecule has 12 heteroatoms. The number of aromatic nitrogens is 4. The summed E-state index contributed by atoms with van der Waals surface area (Å²) in [6, 6.07) is 14.2. The van der Waals surface area contributed by atoms with Gasteiger partial charge >= 0.3 is 11.9 Å². The van der Waals surface area contributed by atoms with E-state index in [1.807, 2.05) is 37.3 Å². The van der Waals surface area contributed by atoms with Gasteiger partial charge in [-0.1, -0.05) is 52.2 Å². The predicted molar refractivity (Wildman–Crippen MR) is 250 cm³/mol. The van der Waals surface area contributed by atoms with Gasteiger partial charge in [-0.2, -0.15) is 0 Å². The summed E-state index contributed by atoms with van der Waals surface area (Å²) >= 11 is 2.26. The average molecular weight is 942 g/mol. The molecule has 3 aromatic heterocycles. The third-order valence-electron chi connectivity index (χ3n) is 12.3. The van der Waals surface area contributed by atoms with Crippen molar-refractivity contribution >= 4 is 73.6 Å². The lowest BCUT2D eigenvalue weighted by molar-refractivity contribution is -0.141. The number of esters is 2. The van der Waals surface area contributed by atoms with Crippen molar-refractivity contribution in [2.24, 2.45) is 0 Å². The van der Waals surface area contributed by atoms with E-state index < -0.39 is 5.97 Å². The topological polar surface area (TPSA) is 148 Å². The molecule has 0 aliphatic carbocycles. The molecule has 0 saturated carbocycles. The summed E-state index contributed by atoms with van der Waals surface area (Å²) in [6.45, 7) is 15.7. The van der Waals surface area contributed by atoms with Crippen LogP contribution in [0.3, 0.4) is 0 Å². The van der Waals surface area contributed by atoms with Gasteiger partial charge in [-0.15, -0.1) is 0 Å². The summed E-state index contributed by atoms with van der Waals surface area (Å²) in [5, 5.41) is 3.14. The zero-order valence-electron chi connectivity index (χ0n) is 37.1. The number of nitrogens with zero attached hydrogens (tertiary/aromatic N) is 2. The zero-order chi connectivity index (χ0) is 44.0. The summed E-state index contributed by atoms with van der Waals surface area (Å²) in [6.07, 6.45) is 5.45. The molecule has 0 saturated heterocycles. The lowest BCUT2D eigenvalue weighted by Gasteiger charge is -2.18. The molecule has 1 unspecified atom stereocenters. The van der Waals surface area contributed by atoms with Crippen molar-refractivity contribution in [3.8, 4) is 0 Å². The van der Waals surface area contributed by atoms with Crippen molar-refractivity contribution in [3.05, 3.63) is 102 Å². The molecule has 8 bridgehead atoms. The minimum absolute atomic E-state index is 0.144. The van der Waals surface area contributed by atoms with E-state index in [1.54, 1.807) is 0 Å². The monoisotopic (exact) mass is 941 g/mol. The Kier molecular flexibility index (Phi) is 15.3. The molecule has 5 heterocycles. The number of H-pyrrole nitrogens is 2. The van der Waals surface area contributed by atoms with Crippen LogP contribution in [0.15, 0.2) is 42.5 Å². The van der Waals surface area contributed by atoms with Gasteiger partial charge in [0.2, 0.25) is 0 Å². The molecule has 0 fully saturated rings. The number of aromatic amines is 2. The van der Waals surface area contributed by atoms with Crippen LogP contribution in [0.4, 0.5) is 0 Å². The molecule has 6 rings (SSSR count). The first-order valence-corrected chi connectivity index (χ1v) is 22.6. The van der Waals surface area contributed by atoms with E-state index in [4.69, 9.17) is 24.2 Å². The van der Waals surface area contributed by atoms with Gasteiger partial charge in [0.15, 0.2) is 0 Å². The van der Waals surface area contributed by atoms with Crippen LogP contribution in [-0.4, -0.2) is 58.6 Å². The van der Waals surface area contributed by atoms with Crippen molar-refractivity contribution in [2.45, 2.75) is 124 Å². The van der Waals surface area contributed by atoms with E-state index in [0.717, 1.165) is 78.4 Å². The molecule has 1 amide bonds. The minimum atomic E-state index is -0.494. The standard InChI is InChI=1S/C49H60IN5O6/c1-10-12-13-14-20-61-31(7)45-29(5)39-23-38-28(4)35(18-19-43(56)59-8)47(54-38)36(22-44(57)60-9)48-46(49(58)51-26-32-16-15-17-33(50)21-32)30(6)40(55-48)24-41-34(11-2)27(3)37(52-41)25-42(45)53-39/h15-17,21,23-25,28,31,35,52-53H,10-14,18-20,22,26H2,1-9H3,(H,51,58)/t28-,31?,35-/m0/s1. The quantitative estimate of drug-likeness (QED) is 0.0571. The van der Waals surface area contributed by atoms with Crippen molar-refractivity contribution in [2.75, 3.05) is 20.8 Å². The van der Waals surface area contributed by atoms with E-state index >= 15 is 0 Å². The van der Waals surface area contributed by atoms with Crippen LogP contribution in [0.25, 0.3) is 33.2 Å². The molecule has 2 aliphatic rings. The fraction of sp³-hybridized carbons (Fsp3) is 0.449. The SMILES string of the molecule is CCCCCCOC(C)c1c(C)c2cc3nc(c(CC(=O)OC)c4nc(cc5[nH]c(cc1[nH]2)c(C)c5CC)C(C)=C4C(=O)NCc1cccc(I)c1)[C@@H](CCC(=O)OC)[C@@H]3C. The summed E-state index contributed by atoms with van der Waals surface area (Å²) in [5.74, 6) is -1.63. The molecule has 0 radical (unpaired) electrons. The highest BCUT2D eigenvalue weighted by Gasteiger charge is 2.36. The summed E-state index contributed by atoms with van der Waals surface area (Å²) in [7, 11) is 2.73. The van der Waals surface area contributed by atoms with Gasteiger partial charge in [0.05, 0.1) is 49.4 Å². The molecule has 3 N–H and O–H groups in total. The van der Waals surface area contributed by atoms with Crippen LogP contribution in [0, 0.1) is 17.4 Å². The Hall–Kier alpha value is -4.82. The number of carbonyl (C=O) groups excluding carboxylic acids is 3. The highest BCUT2D eigenvalue weighted by molar-refractivity contribution is 14.1. The van der Waals surface area contributed by atoms with Crippen molar-refractivity contribution in [3.63, 3.8) is 0 Å². The fourth-order valence-electron chi connectivity index (χ4n) is 8.75. The molecule has 3 atom stereocenters. The lowest BCUT2D eigenvalue weighted by Crippen LogP contribution is -2.25. The fourth-order valence-corrected chi connectivity index (χ4v) is 9.36. The molecule has 11 nitrogen and oxygen atoms in total. The molecule has 324 valence electrons. The maximum atomic E-state index is 14.6. The Morgan fingerprint density at radius 2 is 1.61 bits per heavy atom. The van der Waals surface area contributed by atoms with Crippen molar-refractivity contribution in [1.29, 1.82) is 0 Å². The molecule has 4 aromatic rings. The summed E-state index contributed by atoms with van der Waals surface area (Å²) in [4.78, 5) is 58.7. The molecule has 2 aliphatic heterocycles. The van der Waals surface area contributed by atoms with Gasteiger partial charge in [-0.25, -0.2) is 4.98 Å². The zero-order valence-corrected chi connectivity index (χ0v) is 39.2. The second-order valence-electron chi connectivity index (χ2n) is 16.2.